The van der Waals surface area contributed by atoms with Gasteiger partial charge in [-0.25, -0.2) is 28.8 Å². The van der Waals surface area contributed by atoms with Gasteiger partial charge < -0.3 is 30.6 Å². The molecule has 0 aromatic heterocycles. The molecule has 5 aromatic carbocycles. The van der Waals surface area contributed by atoms with E-state index < -0.39 is 80.3 Å². The molecule has 6 N–H and O–H groups in total. The van der Waals surface area contributed by atoms with Crippen molar-refractivity contribution < 1.29 is 59.4 Å². The predicted molar refractivity (Wildman–Crippen MR) is 171 cm³/mol. The van der Waals surface area contributed by atoms with Gasteiger partial charge in [0.1, 0.15) is 0 Å². The van der Waals surface area contributed by atoms with E-state index in [0.717, 1.165) is 48.5 Å². The lowest BCUT2D eigenvalue weighted by Gasteiger charge is -2.19. The summed E-state index contributed by atoms with van der Waals surface area (Å²) in [5.41, 5.74) is -4.16. The second kappa shape index (κ2) is 14.3. The number of rotatable bonds is 9. The summed E-state index contributed by atoms with van der Waals surface area (Å²) >= 11 is 0. The quantitative estimate of drug-likeness (QED) is 0.0999. The number of hydrogen-bond acceptors (Lipinski definition) is 6. The summed E-state index contributed by atoms with van der Waals surface area (Å²) in [4.78, 5) is 71.6. The number of carbonyl (C=O) groups is 6. The van der Waals surface area contributed by atoms with Gasteiger partial charge in [0.05, 0.1) is 33.4 Å². The Kier molecular flexibility index (Phi) is 10.1. The lowest BCUT2D eigenvalue weighted by atomic mass is 9.83. The summed E-state index contributed by atoms with van der Waals surface area (Å²) < 4.78 is 0. The second-order valence-corrected chi connectivity index (χ2v) is 9.93. The normalized spacial score (nSPS) is 10.2. The Morgan fingerprint density at radius 1 is 0.312 bits per heavy atom. The van der Waals surface area contributed by atoms with Crippen LogP contribution in [-0.4, -0.2) is 66.5 Å². The zero-order valence-electron chi connectivity index (χ0n) is 24.5. The van der Waals surface area contributed by atoms with Gasteiger partial charge in [-0.2, -0.15) is 0 Å². The number of carboxylic acids is 6. The Bertz CT molecular complexity index is 2050. The van der Waals surface area contributed by atoms with Gasteiger partial charge in [-0.05, 0) is 46.0 Å². The molecule has 5 rings (SSSR count). The third-order valence-corrected chi connectivity index (χ3v) is 7.11. The van der Waals surface area contributed by atoms with Gasteiger partial charge in [0, 0.05) is 5.56 Å². The largest absolute Gasteiger partial charge is 0.478 e. The number of hydrogen-bond donors (Lipinski definition) is 6. The average Bonchev–Trinajstić information content (AvgIpc) is 3.07. The van der Waals surface area contributed by atoms with Gasteiger partial charge in [-0.3, -0.25) is 0 Å². The van der Waals surface area contributed by atoms with E-state index in [0.29, 0.717) is 0 Å². The predicted octanol–water partition coefficient (Wildman–Crippen LogP) is 6.56. The highest BCUT2D eigenvalue weighted by molar-refractivity contribution is 6.16. The van der Waals surface area contributed by atoms with E-state index in [9.17, 15) is 59.4 Å². The maximum absolute atomic E-state index is 12.3. The molecule has 240 valence electrons. The van der Waals surface area contributed by atoms with Crippen molar-refractivity contribution in [1.29, 1.82) is 0 Å². The zero-order valence-corrected chi connectivity index (χ0v) is 24.5. The molecule has 0 atom stereocenters. The maximum atomic E-state index is 12.3. The first-order chi connectivity index (χ1) is 22.8. The Morgan fingerprint density at radius 3 is 1.08 bits per heavy atom. The molecule has 0 radical (unpaired) electrons. The highest BCUT2D eigenvalue weighted by Crippen LogP contribution is 2.41. The fourth-order valence-corrected chi connectivity index (χ4v) is 5.12. The van der Waals surface area contributed by atoms with Crippen molar-refractivity contribution in [2.24, 2.45) is 0 Å². The lowest BCUT2D eigenvalue weighted by molar-refractivity contribution is 0.0650. The first-order valence-corrected chi connectivity index (χ1v) is 13.8. The summed E-state index contributed by atoms with van der Waals surface area (Å²) in [6.45, 7) is 0. The molecule has 0 aliphatic rings. The molecule has 48 heavy (non-hydrogen) atoms. The topological polar surface area (TPSA) is 224 Å². The van der Waals surface area contributed by atoms with E-state index in [4.69, 9.17) is 0 Å². The van der Waals surface area contributed by atoms with E-state index in [1.165, 1.54) is 11.1 Å². The van der Waals surface area contributed by atoms with Crippen LogP contribution in [0.4, 0.5) is 0 Å². The van der Waals surface area contributed by atoms with E-state index in [1.54, 1.807) is 0 Å². The van der Waals surface area contributed by atoms with Crippen molar-refractivity contribution >= 4 is 35.8 Å². The molecule has 0 bridgehead atoms. The van der Waals surface area contributed by atoms with Crippen molar-refractivity contribution in [2.75, 3.05) is 0 Å². The molecule has 12 heteroatoms. The SMILES string of the molecule is O=C(O)c1cccc(-c2ccc(C(=O)O)c(C(=O)O)c2-c2cccc(C(=O)O)c2C(=O)O)c1C(=O)O.c1ccc(-c2ccccc2)cc1. The van der Waals surface area contributed by atoms with Crippen molar-refractivity contribution in [2.45, 2.75) is 0 Å². The highest BCUT2D eigenvalue weighted by atomic mass is 16.4. The standard InChI is InChI=1S/C24H14O12.C12H10/c25-19(26)12-5-1-3-9(16(12)22(31)32)10-7-8-14(21(29)30)18(24(35)36)15(10)11-4-2-6-13(20(27)28)17(11)23(33)34;1-3-7-11(8-4-1)12-9-5-2-6-10-12/h1-8H,(H,25,26)(H,27,28)(H,29,30)(H,31,32)(H,33,34)(H,35,36);1-10H. The third kappa shape index (κ3) is 6.92. The summed E-state index contributed by atoms with van der Waals surface area (Å²) in [5, 5.41) is 58.0. The number of benzene rings is 5. The molecule has 5 aromatic rings. The van der Waals surface area contributed by atoms with Crippen LogP contribution in [0.25, 0.3) is 33.4 Å². The molecule has 0 amide bonds. The smallest absolute Gasteiger partial charge is 0.337 e. The van der Waals surface area contributed by atoms with Crippen LogP contribution in [0.5, 0.6) is 0 Å². The Hall–Kier alpha value is -7.08. The monoisotopic (exact) mass is 648 g/mol. The summed E-state index contributed by atoms with van der Waals surface area (Å²) in [6.07, 6.45) is 0. The van der Waals surface area contributed by atoms with Crippen LogP contribution in [0.2, 0.25) is 0 Å². The highest BCUT2D eigenvalue weighted by Gasteiger charge is 2.31. The van der Waals surface area contributed by atoms with Gasteiger partial charge >= 0.3 is 35.8 Å². The average molecular weight is 649 g/mol. The Labute approximate surface area is 271 Å². The fraction of sp³-hybridized carbons (Fsp3) is 0. The van der Waals surface area contributed by atoms with Gasteiger partial charge in [-0.1, -0.05) is 91.0 Å². The van der Waals surface area contributed by atoms with Crippen molar-refractivity contribution in [3.8, 4) is 33.4 Å². The Balaban J connectivity index is 0.000000360. The summed E-state index contributed by atoms with van der Waals surface area (Å²) in [5.74, 6) is -10.4. The summed E-state index contributed by atoms with van der Waals surface area (Å²) in [6, 6.07) is 29.0. The molecular formula is C36H24O12. The van der Waals surface area contributed by atoms with Crippen LogP contribution in [0, 0.1) is 0 Å². The Morgan fingerprint density at radius 2 is 0.688 bits per heavy atom. The third-order valence-electron chi connectivity index (χ3n) is 7.11. The molecule has 0 saturated heterocycles. The fourth-order valence-electron chi connectivity index (χ4n) is 5.12. The first kappa shape index (κ1) is 33.8. The maximum Gasteiger partial charge on any atom is 0.337 e. The van der Waals surface area contributed by atoms with Gasteiger partial charge in [0.25, 0.3) is 0 Å². The van der Waals surface area contributed by atoms with Gasteiger partial charge in [0.2, 0.25) is 0 Å². The van der Waals surface area contributed by atoms with Crippen LogP contribution >= 0.6 is 0 Å². The van der Waals surface area contributed by atoms with Gasteiger partial charge in [0.15, 0.2) is 0 Å². The van der Waals surface area contributed by atoms with Gasteiger partial charge in [-0.15, -0.1) is 0 Å². The summed E-state index contributed by atoms with van der Waals surface area (Å²) in [7, 11) is 0. The van der Waals surface area contributed by atoms with E-state index in [-0.39, 0.29) is 11.1 Å². The van der Waals surface area contributed by atoms with Crippen LogP contribution in [-0.2, 0) is 0 Å². The molecule has 0 saturated carbocycles. The van der Waals surface area contributed by atoms with Crippen LogP contribution in [0.1, 0.15) is 62.1 Å². The van der Waals surface area contributed by atoms with Crippen molar-refractivity contribution in [3.05, 3.63) is 143 Å². The molecule has 0 fully saturated rings. The molecular weight excluding hydrogens is 624 g/mol. The minimum Gasteiger partial charge on any atom is -0.478 e. The number of carboxylic acid groups (broad SMARTS) is 6. The van der Waals surface area contributed by atoms with Crippen LogP contribution in [0.3, 0.4) is 0 Å². The van der Waals surface area contributed by atoms with E-state index in [2.05, 4.69) is 48.5 Å². The zero-order chi connectivity index (χ0) is 35.1. The molecule has 0 heterocycles. The lowest BCUT2D eigenvalue weighted by Crippen LogP contribution is -2.15. The molecule has 0 aliphatic heterocycles. The van der Waals surface area contributed by atoms with E-state index >= 15 is 0 Å². The second-order valence-electron chi connectivity index (χ2n) is 9.93. The van der Waals surface area contributed by atoms with E-state index in [1.807, 2.05) is 12.1 Å². The molecule has 12 nitrogen and oxygen atoms in total. The minimum absolute atomic E-state index is 0.345. The molecule has 0 aliphatic carbocycles. The van der Waals surface area contributed by atoms with Crippen molar-refractivity contribution in [1.82, 2.24) is 0 Å². The van der Waals surface area contributed by atoms with Crippen molar-refractivity contribution in [3.63, 3.8) is 0 Å². The molecule has 0 unspecified atom stereocenters. The first-order valence-electron chi connectivity index (χ1n) is 13.8. The minimum atomic E-state index is -1.84. The van der Waals surface area contributed by atoms with Crippen LogP contribution < -0.4 is 0 Å². The number of aromatic carboxylic acids is 6. The van der Waals surface area contributed by atoms with Crippen LogP contribution in [0.15, 0.2) is 109 Å². The molecule has 0 spiro atoms.